The number of hydrogen-bond acceptors (Lipinski definition) is 3. The van der Waals surface area contributed by atoms with Gasteiger partial charge in [-0.3, -0.25) is 0 Å². The molecule has 0 aliphatic heterocycles. The Morgan fingerprint density at radius 2 is 2.25 bits per heavy atom. The molecule has 0 aromatic heterocycles. The molecule has 1 rings (SSSR count). The fourth-order valence-electron chi connectivity index (χ4n) is 0.840. The lowest BCUT2D eigenvalue weighted by Crippen LogP contribution is -1.91. The lowest BCUT2D eigenvalue weighted by molar-refractivity contribution is 0.337. The molecule has 0 saturated carbocycles. The third kappa shape index (κ3) is 2.60. The van der Waals surface area contributed by atoms with Crippen LogP contribution in [0.5, 0.6) is 5.75 Å². The summed E-state index contributed by atoms with van der Waals surface area (Å²) in [5, 5.41) is 0. The second kappa shape index (κ2) is 4.62. The maximum atomic E-state index is 12.8. The molecule has 0 heterocycles. The SMILES string of the molecule is CCOc1cc(F)cc(SS)c1. The fraction of sp³-hybridized carbons (Fsp3) is 0.250. The third-order valence-corrected chi connectivity index (χ3v) is 2.34. The zero-order valence-electron chi connectivity index (χ0n) is 6.58. The van der Waals surface area contributed by atoms with Crippen LogP contribution >= 0.6 is 22.5 Å². The van der Waals surface area contributed by atoms with Crippen molar-refractivity contribution in [3.63, 3.8) is 0 Å². The number of benzene rings is 1. The number of halogens is 1. The molecule has 12 heavy (non-hydrogen) atoms. The van der Waals surface area contributed by atoms with Crippen molar-refractivity contribution in [1.82, 2.24) is 0 Å². The highest BCUT2D eigenvalue weighted by Crippen LogP contribution is 2.26. The average Bonchev–Trinajstić information content (AvgIpc) is 2.04. The predicted molar refractivity (Wildman–Crippen MR) is 52.4 cm³/mol. The van der Waals surface area contributed by atoms with Gasteiger partial charge < -0.3 is 4.74 Å². The molecule has 0 bridgehead atoms. The zero-order valence-corrected chi connectivity index (χ0v) is 8.29. The van der Waals surface area contributed by atoms with Gasteiger partial charge in [0.05, 0.1) is 6.61 Å². The highest BCUT2D eigenvalue weighted by atomic mass is 33.1. The Kier molecular flexibility index (Phi) is 3.75. The quantitative estimate of drug-likeness (QED) is 0.598. The van der Waals surface area contributed by atoms with E-state index in [0.29, 0.717) is 12.4 Å². The Labute approximate surface area is 80.1 Å². The van der Waals surface area contributed by atoms with Crippen LogP contribution in [0.15, 0.2) is 23.1 Å². The van der Waals surface area contributed by atoms with Gasteiger partial charge in [0.15, 0.2) is 0 Å². The van der Waals surface area contributed by atoms with Gasteiger partial charge in [0.1, 0.15) is 11.6 Å². The van der Waals surface area contributed by atoms with Crippen LogP contribution in [-0.2, 0) is 0 Å². The molecule has 4 heteroatoms. The molecule has 0 saturated heterocycles. The van der Waals surface area contributed by atoms with Gasteiger partial charge in [-0.1, -0.05) is 10.8 Å². The first-order valence-electron chi connectivity index (χ1n) is 3.51. The fourth-order valence-corrected chi connectivity index (χ4v) is 1.49. The lowest BCUT2D eigenvalue weighted by Gasteiger charge is -2.04. The van der Waals surface area contributed by atoms with Crippen molar-refractivity contribution in [2.45, 2.75) is 11.8 Å². The maximum absolute atomic E-state index is 12.8. The van der Waals surface area contributed by atoms with Crippen LogP contribution in [0.1, 0.15) is 6.92 Å². The van der Waals surface area contributed by atoms with Crippen LogP contribution in [0.2, 0.25) is 0 Å². The molecule has 0 unspecified atom stereocenters. The first-order valence-corrected chi connectivity index (χ1v) is 5.38. The molecule has 1 aromatic rings. The molecule has 0 aliphatic rings. The lowest BCUT2D eigenvalue weighted by atomic mass is 10.3. The molecule has 0 aliphatic carbocycles. The van der Waals surface area contributed by atoms with Gasteiger partial charge in [0, 0.05) is 11.0 Å². The molecular weight excluding hydrogens is 195 g/mol. The Balaban J connectivity index is 2.90. The van der Waals surface area contributed by atoms with E-state index in [0.717, 1.165) is 4.90 Å². The number of rotatable bonds is 3. The van der Waals surface area contributed by atoms with E-state index in [-0.39, 0.29) is 5.82 Å². The molecule has 0 spiro atoms. The summed E-state index contributed by atoms with van der Waals surface area (Å²) in [6.07, 6.45) is 0. The van der Waals surface area contributed by atoms with E-state index < -0.39 is 0 Å². The Hall–Kier alpha value is -0.350. The van der Waals surface area contributed by atoms with E-state index >= 15 is 0 Å². The van der Waals surface area contributed by atoms with Gasteiger partial charge in [-0.15, -0.1) is 11.7 Å². The van der Waals surface area contributed by atoms with Gasteiger partial charge in [-0.25, -0.2) is 4.39 Å². The Morgan fingerprint density at radius 3 is 2.83 bits per heavy atom. The third-order valence-electron chi connectivity index (χ3n) is 1.26. The van der Waals surface area contributed by atoms with Crippen LogP contribution in [0.3, 0.4) is 0 Å². The summed E-state index contributed by atoms with van der Waals surface area (Å²) < 4.78 is 18.0. The zero-order chi connectivity index (χ0) is 8.97. The molecule has 0 fully saturated rings. The van der Waals surface area contributed by atoms with Crippen molar-refractivity contribution in [1.29, 1.82) is 0 Å². The molecular formula is C8H9FOS2. The molecule has 1 aromatic carbocycles. The van der Waals surface area contributed by atoms with Gasteiger partial charge in [0.2, 0.25) is 0 Å². The normalized spacial score (nSPS) is 9.92. The topological polar surface area (TPSA) is 9.23 Å². The summed E-state index contributed by atoms with van der Waals surface area (Å²) in [6.45, 7) is 2.40. The van der Waals surface area contributed by atoms with Crippen LogP contribution in [0.25, 0.3) is 0 Å². The molecule has 66 valence electrons. The Bertz CT molecular complexity index is 265. The van der Waals surface area contributed by atoms with E-state index in [1.54, 1.807) is 6.07 Å². The Morgan fingerprint density at radius 1 is 1.50 bits per heavy atom. The maximum Gasteiger partial charge on any atom is 0.128 e. The van der Waals surface area contributed by atoms with Gasteiger partial charge in [0.25, 0.3) is 0 Å². The summed E-state index contributed by atoms with van der Waals surface area (Å²) >= 11 is 3.97. The van der Waals surface area contributed by atoms with Crippen LogP contribution < -0.4 is 4.74 Å². The highest BCUT2D eigenvalue weighted by molar-refractivity contribution is 8.68. The first-order chi connectivity index (χ1) is 5.76. The van der Waals surface area contributed by atoms with E-state index in [2.05, 4.69) is 11.7 Å². The molecule has 0 atom stereocenters. The summed E-state index contributed by atoms with van der Waals surface area (Å²) in [5.41, 5.74) is 0. The van der Waals surface area contributed by atoms with Crippen molar-refractivity contribution in [3.05, 3.63) is 24.0 Å². The summed E-state index contributed by atoms with van der Waals surface area (Å²) in [6, 6.07) is 4.53. The largest absolute Gasteiger partial charge is 0.494 e. The van der Waals surface area contributed by atoms with E-state index in [1.165, 1.54) is 22.9 Å². The van der Waals surface area contributed by atoms with Crippen molar-refractivity contribution < 1.29 is 9.13 Å². The van der Waals surface area contributed by atoms with Crippen LogP contribution in [0, 0.1) is 5.82 Å². The summed E-state index contributed by atoms with van der Waals surface area (Å²) in [5.74, 6) is 0.256. The van der Waals surface area contributed by atoms with Gasteiger partial charge in [-0.05, 0) is 19.1 Å². The van der Waals surface area contributed by atoms with E-state index in [9.17, 15) is 4.39 Å². The first kappa shape index (κ1) is 9.74. The molecule has 0 amide bonds. The van der Waals surface area contributed by atoms with E-state index in [1.807, 2.05) is 6.92 Å². The van der Waals surface area contributed by atoms with Crippen molar-refractivity contribution in [3.8, 4) is 5.75 Å². The second-order valence-corrected chi connectivity index (χ2v) is 3.35. The minimum atomic E-state index is -0.294. The molecule has 0 N–H and O–H groups in total. The van der Waals surface area contributed by atoms with Crippen LogP contribution in [0.4, 0.5) is 4.39 Å². The number of ether oxygens (including phenoxy) is 1. The number of hydrogen-bond donors (Lipinski definition) is 1. The van der Waals surface area contributed by atoms with Gasteiger partial charge in [-0.2, -0.15) is 0 Å². The predicted octanol–water partition coefficient (Wildman–Crippen LogP) is 3.16. The minimum absolute atomic E-state index is 0.294. The van der Waals surface area contributed by atoms with E-state index in [4.69, 9.17) is 4.74 Å². The standard InChI is InChI=1S/C8H9FOS2/c1-2-10-7-3-6(9)4-8(5-7)12-11/h3-5,11H,2H2,1H3. The average molecular weight is 204 g/mol. The van der Waals surface area contributed by atoms with Crippen molar-refractivity contribution in [2.75, 3.05) is 6.61 Å². The van der Waals surface area contributed by atoms with Crippen molar-refractivity contribution >= 4 is 22.5 Å². The molecule has 0 radical (unpaired) electrons. The number of thiol groups is 1. The van der Waals surface area contributed by atoms with Gasteiger partial charge >= 0.3 is 0 Å². The highest BCUT2D eigenvalue weighted by Gasteiger charge is 1.99. The monoisotopic (exact) mass is 204 g/mol. The minimum Gasteiger partial charge on any atom is -0.494 e. The summed E-state index contributed by atoms with van der Waals surface area (Å²) in [4.78, 5) is 0.752. The second-order valence-electron chi connectivity index (χ2n) is 2.15. The smallest absolute Gasteiger partial charge is 0.128 e. The summed E-state index contributed by atoms with van der Waals surface area (Å²) in [7, 11) is 1.20. The van der Waals surface area contributed by atoms with Crippen molar-refractivity contribution in [2.24, 2.45) is 0 Å². The molecule has 1 nitrogen and oxygen atoms in total. The van der Waals surface area contributed by atoms with Crippen LogP contribution in [-0.4, -0.2) is 6.61 Å².